The molecule has 0 aliphatic carbocycles. The molecule has 1 aromatic carbocycles. The van der Waals surface area contributed by atoms with E-state index in [-0.39, 0.29) is 35.9 Å². The summed E-state index contributed by atoms with van der Waals surface area (Å²) in [4.78, 5) is 26.1. The average molecular weight is 409 g/mol. The van der Waals surface area contributed by atoms with Crippen molar-refractivity contribution in [1.82, 2.24) is 9.21 Å². The Balaban J connectivity index is 1.89. The molecule has 9 nitrogen and oxygen atoms in total. The molecule has 0 bridgehead atoms. The van der Waals surface area contributed by atoms with Crippen molar-refractivity contribution in [3.05, 3.63) is 35.5 Å². The van der Waals surface area contributed by atoms with Gasteiger partial charge < -0.3 is 20.1 Å². The Morgan fingerprint density at radius 2 is 2.00 bits per heavy atom. The summed E-state index contributed by atoms with van der Waals surface area (Å²) in [5.74, 6) is -1.11. The van der Waals surface area contributed by atoms with Crippen molar-refractivity contribution < 1.29 is 27.9 Å². The van der Waals surface area contributed by atoms with Gasteiger partial charge in [-0.15, -0.1) is 0 Å². The quantitative estimate of drug-likeness (QED) is 0.616. The van der Waals surface area contributed by atoms with Crippen molar-refractivity contribution in [3.63, 3.8) is 0 Å². The molecule has 10 heteroatoms. The van der Waals surface area contributed by atoms with Crippen LogP contribution in [0.15, 0.2) is 40.4 Å². The number of β-amino-alcohol motifs (C(OH)–C–C–N with tert-alkyl or cyclic N) is 1. The second-order valence-corrected chi connectivity index (χ2v) is 8.50. The highest BCUT2D eigenvalue weighted by molar-refractivity contribution is 7.89. The van der Waals surface area contributed by atoms with Gasteiger partial charge in [-0.05, 0) is 31.0 Å². The zero-order valence-electron chi connectivity index (χ0n) is 15.6. The van der Waals surface area contributed by atoms with E-state index in [1.54, 1.807) is 12.1 Å². The monoisotopic (exact) mass is 409 g/mol. The van der Waals surface area contributed by atoms with Gasteiger partial charge in [-0.1, -0.05) is 6.07 Å². The van der Waals surface area contributed by atoms with Crippen molar-refractivity contribution in [2.75, 3.05) is 45.2 Å². The number of hydrogen-bond acceptors (Lipinski definition) is 7. The lowest BCUT2D eigenvalue weighted by atomic mass is 10.2. The number of aliphatic hydroxyl groups excluding tert-OH is 1. The van der Waals surface area contributed by atoms with Gasteiger partial charge in [-0.2, -0.15) is 4.31 Å². The molecule has 1 fully saturated rings. The standard InChI is InChI=1S/C18H23N3O6S/c1-27-18(24)15-12-20(9-10-22)17(23)16(15)19-13-5-4-6-14(11-13)28(25,26)21-7-2-3-8-21/h4-6,11,19,22H,2-3,7-10,12H2,1H3. The zero-order chi connectivity index (χ0) is 20.3. The Hall–Kier alpha value is -2.43. The molecular weight excluding hydrogens is 386 g/mol. The minimum atomic E-state index is -3.61. The fourth-order valence-corrected chi connectivity index (χ4v) is 4.87. The van der Waals surface area contributed by atoms with Gasteiger partial charge in [0.25, 0.3) is 5.91 Å². The number of benzene rings is 1. The second kappa shape index (κ2) is 8.29. The summed E-state index contributed by atoms with van der Waals surface area (Å²) in [6.45, 7) is 0.837. The number of carbonyl (C=O) groups is 2. The van der Waals surface area contributed by atoms with Crippen LogP contribution in [0.2, 0.25) is 0 Å². The highest BCUT2D eigenvalue weighted by Gasteiger charge is 2.34. The first kappa shape index (κ1) is 20.3. The third-order valence-electron chi connectivity index (χ3n) is 4.76. The van der Waals surface area contributed by atoms with Crippen LogP contribution in [0.25, 0.3) is 0 Å². The number of amides is 1. The number of methoxy groups -OCH3 is 1. The van der Waals surface area contributed by atoms with Gasteiger partial charge in [0.1, 0.15) is 5.70 Å². The molecule has 2 N–H and O–H groups in total. The second-order valence-electron chi connectivity index (χ2n) is 6.56. The summed E-state index contributed by atoms with van der Waals surface area (Å²) in [6, 6.07) is 6.14. The molecule has 2 aliphatic heterocycles. The van der Waals surface area contributed by atoms with E-state index in [1.807, 2.05) is 0 Å². The van der Waals surface area contributed by atoms with E-state index in [2.05, 4.69) is 5.32 Å². The van der Waals surface area contributed by atoms with Gasteiger partial charge >= 0.3 is 5.97 Å². The maximum atomic E-state index is 12.8. The van der Waals surface area contributed by atoms with Crippen LogP contribution in [0, 0.1) is 0 Å². The number of nitrogens with one attached hydrogen (secondary N) is 1. The molecule has 1 saturated heterocycles. The van der Waals surface area contributed by atoms with E-state index < -0.39 is 21.9 Å². The maximum absolute atomic E-state index is 12.8. The Labute approximate surface area is 163 Å². The number of carbonyl (C=O) groups excluding carboxylic acids is 2. The average Bonchev–Trinajstić information content (AvgIpc) is 3.33. The number of nitrogens with zero attached hydrogens (tertiary/aromatic N) is 2. The Kier molecular flexibility index (Phi) is 6.01. The van der Waals surface area contributed by atoms with Gasteiger partial charge in [0.05, 0.1) is 30.7 Å². The number of anilines is 1. The summed E-state index contributed by atoms with van der Waals surface area (Å²) >= 11 is 0. The Morgan fingerprint density at radius 1 is 1.29 bits per heavy atom. The van der Waals surface area contributed by atoms with Crippen LogP contribution < -0.4 is 5.32 Å². The van der Waals surface area contributed by atoms with E-state index >= 15 is 0 Å². The highest BCUT2D eigenvalue weighted by Crippen LogP contribution is 2.26. The molecule has 2 heterocycles. The molecule has 0 spiro atoms. The molecule has 1 amide bonds. The van der Waals surface area contributed by atoms with Crippen molar-refractivity contribution in [1.29, 1.82) is 0 Å². The predicted octanol–water partition coefficient (Wildman–Crippen LogP) is 0.145. The van der Waals surface area contributed by atoms with E-state index in [4.69, 9.17) is 9.84 Å². The molecule has 0 atom stereocenters. The van der Waals surface area contributed by atoms with Crippen molar-refractivity contribution in [2.45, 2.75) is 17.7 Å². The minimum Gasteiger partial charge on any atom is -0.466 e. The Morgan fingerprint density at radius 3 is 2.64 bits per heavy atom. The molecule has 0 aromatic heterocycles. The predicted molar refractivity (Wildman–Crippen MR) is 101 cm³/mol. The summed E-state index contributed by atoms with van der Waals surface area (Å²) in [6.07, 6.45) is 1.67. The molecule has 3 rings (SSSR count). The van der Waals surface area contributed by atoms with Crippen LogP contribution in [0.5, 0.6) is 0 Å². The zero-order valence-corrected chi connectivity index (χ0v) is 16.4. The summed E-state index contributed by atoms with van der Waals surface area (Å²) in [7, 11) is -2.39. The fraction of sp³-hybridized carbons (Fsp3) is 0.444. The third kappa shape index (κ3) is 3.89. The van der Waals surface area contributed by atoms with Gasteiger partial charge in [0.2, 0.25) is 10.0 Å². The minimum absolute atomic E-state index is 0.0141. The number of sulfonamides is 1. The van der Waals surface area contributed by atoms with Crippen LogP contribution >= 0.6 is 0 Å². The van der Waals surface area contributed by atoms with E-state index in [1.165, 1.54) is 28.4 Å². The highest BCUT2D eigenvalue weighted by atomic mass is 32.2. The summed E-state index contributed by atoms with van der Waals surface area (Å²) < 4.78 is 31.7. The number of hydrogen-bond donors (Lipinski definition) is 2. The van der Waals surface area contributed by atoms with Gasteiger partial charge in [-0.3, -0.25) is 4.79 Å². The van der Waals surface area contributed by atoms with E-state index in [9.17, 15) is 18.0 Å². The molecular formula is C18H23N3O6S. The van der Waals surface area contributed by atoms with Gasteiger partial charge in [0, 0.05) is 25.3 Å². The third-order valence-corrected chi connectivity index (χ3v) is 6.65. The van der Waals surface area contributed by atoms with E-state index in [0.717, 1.165) is 12.8 Å². The SMILES string of the molecule is COC(=O)C1=C(Nc2cccc(S(=O)(=O)N3CCCC3)c2)C(=O)N(CCO)C1. The lowest BCUT2D eigenvalue weighted by Gasteiger charge is -2.17. The largest absolute Gasteiger partial charge is 0.466 e. The van der Waals surface area contributed by atoms with Crippen molar-refractivity contribution >= 4 is 27.6 Å². The first-order chi connectivity index (χ1) is 13.4. The lowest BCUT2D eigenvalue weighted by molar-refractivity contribution is -0.136. The van der Waals surface area contributed by atoms with Crippen molar-refractivity contribution in [2.24, 2.45) is 0 Å². The molecule has 0 radical (unpaired) electrons. The van der Waals surface area contributed by atoms with Gasteiger partial charge in [0.15, 0.2) is 0 Å². The first-order valence-electron chi connectivity index (χ1n) is 8.97. The van der Waals surface area contributed by atoms with Crippen molar-refractivity contribution in [3.8, 4) is 0 Å². The molecule has 0 saturated carbocycles. The smallest absolute Gasteiger partial charge is 0.337 e. The van der Waals surface area contributed by atoms with Crippen LogP contribution in [0.4, 0.5) is 5.69 Å². The first-order valence-corrected chi connectivity index (χ1v) is 10.4. The van der Waals surface area contributed by atoms with Crippen LogP contribution in [-0.4, -0.2) is 74.5 Å². The fourth-order valence-electron chi connectivity index (χ4n) is 3.31. The van der Waals surface area contributed by atoms with Gasteiger partial charge in [-0.25, -0.2) is 13.2 Å². The summed E-state index contributed by atoms with van der Waals surface area (Å²) in [5, 5.41) is 12.0. The lowest BCUT2D eigenvalue weighted by Crippen LogP contribution is -2.31. The number of aliphatic hydroxyl groups is 1. The molecule has 0 unspecified atom stereocenters. The number of esters is 1. The molecule has 152 valence electrons. The molecule has 28 heavy (non-hydrogen) atoms. The topological polar surface area (TPSA) is 116 Å². The normalized spacial score (nSPS) is 18.1. The molecule has 1 aromatic rings. The van der Waals surface area contributed by atoms with Crippen LogP contribution in [-0.2, 0) is 24.3 Å². The maximum Gasteiger partial charge on any atom is 0.337 e. The van der Waals surface area contributed by atoms with Crippen LogP contribution in [0.3, 0.4) is 0 Å². The van der Waals surface area contributed by atoms with Crippen LogP contribution in [0.1, 0.15) is 12.8 Å². The number of rotatable bonds is 7. The molecule has 2 aliphatic rings. The summed E-state index contributed by atoms with van der Waals surface area (Å²) in [5.41, 5.74) is 0.528. The van der Waals surface area contributed by atoms with E-state index in [0.29, 0.717) is 18.8 Å². The number of ether oxygens (including phenoxy) is 1. The Bertz CT molecular complexity index is 906.